The van der Waals surface area contributed by atoms with Gasteiger partial charge in [-0.2, -0.15) is 0 Å². The molecule has 9 heteroatoms. The standard InChI is InChI=1S/C22H16Cl3N3O3/c23-15-8-5-14(19(25)12-15)11-20(29)26-16-9-6-13(7-10-16)21(30)27-28-22(31)17-3-1-2-4-18(17)24/h1-10,12H,11H2,(H,26,29)(H,27,30)(H,28,31). The molecule has 0 bridgehead atoms. The van der Waals surface area contributed by atoms with Crippen LogP contribution in [0.3, 0.4) is 0 Å². The maximum Gasteiger partial charge on any atom is 0.271 e. The van der Waals surface area contributed by atoms with E-state index in [2.05, 4.69) is 16.2 Å². The van der Waals surface area contributed by atoms with E-state index < -0.39 is 11.8 Å². The fourth-order valence-electron chi connectivity index (χ4n) is 2.65. The number of hydrogen-bond acceptors (Lipinski definition) is 3. The molecule has 0 radical (unpaired) electrons. The predicted molar refractivity (Wildman–Crippen MR) is 122 cm³/mol. The molecule has 3 rings (SSSR count). The SMILES string of the molecule is O=C(Cc1ccc(Cl)cc1Cl)Nc1ccc(C(=O)NNC(=O)c2ccccc2Cl)cc1. The molecule has 158 valence electrons. The summed E-state index contributed by atoms with van der Waals surface area (Å²) in [5.74, 6) is -1.33. The van der Waals surface area contributed by atoms with Gasteiger partial charge in [-0.1, -0.05) is 53.0 Å². The molecule has 0 aliphatic carbocycles. The van der Waals surface area contributed by atoms with Gasteiger partial charge in [-0.05, 0) is 54.1 Å². The predicted octanol–water partition coefficient (Wildman–Crippen LogP) is 4.90. The van der Waals surface area contributed by atoms with E-state index >= 15 is 0 Å². The average Bonchev–Trinajstić information content (AvgIpc) is 2.74. The van der Waals surface area contributed by atoms with Gasteiger partial charge in [0.05, 0.1) is 17.0 Å². The van der Waals surface area contributed by atoms with Gasteiger partial charge in [-0.25, -0.2) is 0 Å². The van der Waals surface area contributed by atoms with E-state index in [1.54, 1.807) is 54.6 Å². The molecule has 0 aliphatic rings. The van der Waals surface area contributed by atoms with Crippen LogP contribution >= 0.6 is 34.8 Å². The number of anilines is 1. The van der Waals surface area contributed by atoms with E-state index in [-0.39, 0.29) is 22.9 Å². The second-order valence-corrected chi connectivity index (χ2v) is 7.68. The Labute approximate surface area is 193 Å². The summed E-state index contributed by atoms with van der Waals surface area (Å²) >= 11 is 17.9. The molecule has 3 aromatic carbocycles. The minimum Gasteiger partial charge on any atom is -0.326 e. The number of hydrogen-bond donors (Lipinski definition) is 3. The molecule has 0 saturated carbocycles. The Bertz CT molecular complexity index is 1130. The van der Waals surface area contributed by atoms with Crippen LogP contribution in [0.2, 0.25) is 15.1 Å². The van der Waals surface area contributed by atoms with Crippen LogP contribution in [0.25, 0.3) is 0 Å². The molecular weight excluding hydrogens is 461 g/mol. The summed E-state index contributed by atoms with van der Waals surface area (Å²) in [7, 11) is 0. The summed E-state index contributed by atoms with van der Waals surface area (Å²) in [4.78, 5) is 36.6. The minimum absolute atomic E-state index is 0.0757. The maximum absolute atomic E-state index is 12.2. The second kappa shape index (κ2) is 10.3. The lowest BCUT2D eigenvalue weighted by atomic mass is 10.1. The highest BCUT2D eigenvalue weighted by atomic mass is 35.5. The fraction of sp³-hybridized carbons (Fsp3) is 0.0455. The van der Waals surface area contributed by atoms with Gasteiger partial charge in [0.2, 0.25) is 5.91 Å². The van der Waals surface area contributed by atoms with Gasteiger partial charge < -0.3 is 5.32 Å². The van der Waals surface area contributed by atoms with Crippen molar-refractivity contribution in [3.05, 3.63) is 98.5 Å². The Kier molecular flexibility index (Phi) is 7.52. The summed E-state index contributed by atoms with van der Waals surface area (Å²) in [6.45, 7) is 0. The molecule has 3 N–H and O–H groups in total. The molecule has 0 saturated heterocycles. The molecule has 6 nitrogen and oxygen atoms in total. The monoisotopic (exact) mass is 475 g/mol. The normalized spacial score (nSPS) is 10.3. The molecule has 0 fully saturated rings. The number of carbonyl (C=O) groups excluding carboxylic acids is 3. The zero-order valence-corrected chi connectivity index (χ0v) is 18.2. The van der Waals surface area contributed by atoms with Crippen LogP contribution in [0, 0.1) is 0 Å². The number of halogens is 3. The third kappa shape index (κ3) is 6.21. The van der Waals surface area contributed by atoms with Crippen molar-refractivity contribution in [2.45, 2.75) is 6.42 Å². The molecule has 31 heavy (non-hydrogen) atoms. The first kappa shape index (κ1) is 22.6. The molecule has 0 atom stereocenters. The fourth-order valence-corrected chi connectivity index (χ4v) is 3.34. The number of amides is 3. The topological polar surface area (TPSA) is 87.3 Å². The first-order chi connectivity index (χ1) is 14.8. The molecule has 3 amide bonds. The summed E-state index contributed by atoms with van der Waals surface area (Å²) < 4.78 is 0. The maximum atomic E-state index is 12.2. The number of rotatable bonds is 5. The number of hydrazine groups is 1. The van der Waals surface area contributed by atoms with Crippen molar-refractivity contribution in [2.24, 2.45) is 0 Å². The van der Waals surface area contributed by atoms with E-state index in [4.69, 9.17) is 34.8 Å². The van der Waals surface area contributed by atoms with E-state index in [9.17, 15) is 14.4 Å². The van der Waals surface area contributed by atoms with Gasteiger partial charge in [0.15, 0.2) is 0 Å². The first-order valence-corrected chi connectivity index (χ1v) is 10.2. The highest BCUT2D eigenvalue weighted by Crippen LogP contribution is 2.22. The van der Waals surface area contributed by atoms with Crippen LogP contribution in [0.5, 0.6) is 0 Å². The first-order valence-electron chi connectivity index (χ1n) is 9.02. The van der Waals surface area contributed by atoms with Gasteiger partial charge in [-0.15, -0.1) is 0 Å². The summed E-state index contributed by atoms with van der Waals surface area (Å²) in [5, 5.41) is 3.90. The lowest BCUT2D eigenvalue weighted by molar-refractivity contribution is -0.115. The molecular formula is C22H16Cl3N3O3. The van der Waals surface area contributed by atoms with Crippen molar-refractivity contribution in [3.8, 4) is 0 Å². The summed E-state index contributed by atoms with van der Waals surface area (Å²) in [5.41, 5.74) is 6.31. The van der Waals surface area contributed by atoms with Crippen LogP contribution < -0.4 is 16.2 Å². The van der Waals surface area contributed by atoms with E-state index in [1.807, 2.05) is 0 Å². The molecule has 0 heterocycles. The van der Waals surface area contributed by atoms with Gasteiger partial charge >= 0.3 is 0 Å². The van der Waals surface area contributed by atoms with E-state index in [1.165, 1.54) is 12.1 Å². The average molecular weight is 477 g/mol. The van der Waals surface area contributed by atoms with Crippen molar-refractivity contribution < 1.29 is 14.4 Å². The molecule has 0 aromatic heterocycles. The van der Waals surface area contributed by atoms with Crippen LogP contribution in [0.1, 0.15) is 26.3 Å². The molecule has 3 aromatic rings. The minimum atomic E-state index is -0.538. The largest absolute Gasteiger partial charge is 0.326 e. The zero-order chi connectivity index (χ0) is 22.4. The van der Waals surface area contributed by atoms with Gasteiger partial charge in [0, 0.05) is 21.3 Å². The third-order valence-electron chi connectivity index (χ3n) is 4.21. The van der Waals surface area contributed by atoms with E-state index in [0.717, 1.165) is 0 Å². The van der Waals surface area contributed by atoms with Gasteiger partial charge in [-0.3, -0.25) is 25.2 Å². The summed E-state index contributed by atoms with van der Waals surface area (Å²) in [6.07, 6.45) is 0.0757. The highest BCUT2D eigenvalue weighted by Gasteiger charge is 2.12. The number of nitrogens with one attached hydrogen (secondary N) is 3. The highest BCUT2D eigenvalue weighted by molar-refractivity contribution is 6.35. The van der Waals surface area contributed by atoms with Crippen molar-refractivity contribution in [2.75, 3.05) is 5.32 Å². The third-order valence-corrected chi connectivity index (χ3v) is 5.12. The van der Waals surface area contributed by atoms with E-state index in [0.29, 0.717) is 26.9 Å². The molecule has 0 aliphatic heterocycles. The lowest BCUT2D eigenvalue weighted by Crippen LogP contribution is -2.41. The van der Waals surface area contributed by atoms with Crippen LogP contribution in [-0.2, 0) is 11.2 Å². The van der Waals surface area contributed by atoms with Crippen molar-refractivity contribution in [3.63, 3.8) is 0 Å². The van der Waals surface area contributed by atoms with Gasteiger partial charge in [0.25, 0.3) is 11.8 Å². The van der Waals surface area contributed by atoms with Crippen LogP contribution in [-0.4, -0.2) is 17.7 Å². The Morgan fingerprint density at radius 3 is 2.10 bits per heavy atom. The van der Waals surface area contributed by atoms with Crippen LogP contribution in [0.4, 0.5) is 5.69 Å². The lowest BCUT2D eigenvalue weighted by Gasteiger charge is -2.10. The van der Waals surface area contributed by atoms with Crippen molar-refractivity contribution in [1.82, 2.24) is 10.9 Å². The Morgan fingerprint density at radius 2 is 1.42 bits per heavy atom. The van der Waals surface area contributed by atoms with Gasteiger partial charge in [0.1, 0.15) is 0 Å². The summed E-state index contributed by atoms with van der Waals surface area (Å²) in [6, 6.07) is 17.6. The molecule has 0 unspecified atom stereocenters. The quantitative estimate of drug-likeness (QED) is 0.458. The zero-order valence-electron chi connectivity index (χ0n) is 15.9. The second-order valence-electron chi connectivity index (χ2n) is 6.43. The van der Waals surface area contributed by atoms with Crippen molar-refractivity contribution in [1.29, 1.82) is 0 Å². The number of carbonyl (C=O) groups is 3. The Balaban J connectivity index is 1.54. The Morgan fingerprint density at radius 1 is 0.742 bits per heavy atom. The van der Waals surface area contributed by atoms with Crippen LogP contribution in [0.15, 0.2) is 66.7 Å². The smallest absolute Gasteiger partial charge is 0.271 e. The van der Waals surface area contributed by atoms with Crippen molar-refractivity contribution >= 4 is 58.2 Å². The number of benzene rings is 3. The molecule has 0 spiro atoms. The Hall–Kier alpha value is -3.06.